The molecule has 0 radical (unpaired) electrons. The lowest BCUT2D eigenvalue weighted by molar-refractivity contribution is -0.0882. The highest BCUT2D eigenvalue weighted by molar-refractivity contribution is 5.01. The number of hydrogen-bond acceptors (Lipinski definition) is 4. The van der Waals surface area contributed by atoms with Gasteiger partial charge in [-0.3, -0.25) is 4.90 Å². The molecule has 0 aromatic carbocycles. The van der Waals surface area contributed by atoms with Crippen molar-refractivity contribution in [1.82, 2.24) is 4.90 Å². The highest BCUT2D eigenvalue weighted by Gasteiger charge is 2.42. The predicted octanol–water partition coefficient (Wildman–Crippen LogP) is 2.46. The molecule has 3 atom stereocenters. The predicted molar refractivity (Wildman–Crippen MR) is 76.4 cm³/mol. The minimum atomic E-state index is 0.309. The summed E-state index contributed by atoms with van der Waals surface area (Å²) in [4.78, 5) is 2.50. The van der Waals surface area contributed by atoms with Gasteiger partial charge in [-0.15, -0.1) is 6.58 Å². The van der Waals surface area contributed by atoms with Gasteiger partial charge in [-0.05, 0) is 25.0 Å². The van der Waals surface area contributed by atoms with Gasteiger partial charge in [0.2, 0.25) is 0 Å². The number of hydrogen-bond donors (Lipinski definition) is 0. The van der Waals surface area contributed by atoms with Crippen molar-refractivity contribution in [3.63, 3.8) is 0 Å². The van der Waals surface area contributed by atoms with Crippen LogP contribution in [0.25, 0.3) is 0 Å². The van der Waals surface area contributed by atoms with Crippen molar-refractivity contribution in [2.75, 3.05) is 26.4 Å². The summed E-state index contributed by atoms with van der Waals surface area (Å²) in [5.41, 5.74) is 0. The highest BCUT2D eigenvalue weighted by atomic mass is 16.5. The van der Waals surface area contributed by atoms with Gasteiger partial charge < -0.3 is 13.9 Å². The summed E-state index contributed by atoms with van der Waals surface area (Å²) in [7, 11) is 0. The SMILES string of the molecule is C=CCOC[C@@H]1CC[C@@H]2[C@H]1OCCN2Cc1ccco1. The van der Waals surface area contributed by atoms with Crippen molar-refractivity contribution in [2.24, 2.45) is 5.92 Å². The van der Waals surface area contributed by atoms with Gasteiger partial charge in [0, 0.05) is 18.5 Å². The third-order valence-corrected chi connectivity index (χ3v) is 4.34. The van der Waals surface area contributed by atoms with Crippen molar-refractivity contribution >= 4 is 0 Å². The first-order valence-corrected chi connectivity index (χ1v) is 7.45. The molecular weight excluding hydrogens is 254 g/mol. The minimum Gasteiger partial charge on any atom is -0.468 e. The normalized spacial score (nSPS) is 30.3. The van der Waals surface area contributed by atoms with Crippen LogP contribution in [0.3, 0.4) is 0 Å². The second-order valence-corrected chi connectivity index (χ2v) is 5.62. The van der Waals surface area contributed by atoms with E-state index in [4.69, 9.17) is 13.9 Å². The van der Waals surface area contributed by atoms with Crippen molar-refractivity contribution < 1.29 is 13.9 Å². The Kier molecular flexibility index (Phi) is 4.55. The van der Waals surface area contributed by atoms with E-state index >= 15 is 0 Å². The van der Waals surface area contributed by atoms with Crippen LogP contribution in [0.5, 0.6) is 0 Å². The van der Waals surface area contributed by atoms with E-state index in [1.807, 2.05) is 12.1 Å². The number of fused-ring (bicyclic) bond motifs is 1. The molecular formula is C16H23NO3. The summed E-state index contributed by atoms with van der Waals surface area (Å²) in [6, 6.07) is 4.50. The molecule has 0 amide bonds. The summed E-state index contributed by atoms with van der Waals surface area (Å²) in [5.74, 6) is 1.55. The fourth-order valence-corrected chi connectivity index (χ4v) is 3.42. The van der Waals surface area contributed by atoms with Crippen LogP contribution in [0.2, 0.25) is 0 Å². The lowest BCUT2D eigenvalue weighted by Gasteiger charge is -2.38. The molecule has 0 unspecified atom stereocenters. The van der Waals surface area contributed by atoms with Gasteiger partial charge in [0.05, 0.1) is 38.7 Å². The Hall–Kier alpha value is -1.10. The number of furan rings is 1. The van der Waals surface area contributed by atoms with E-state index in [0.29, 0.717) is 24.7 Å². The minimum absolute atomic E-state index is 0.309. The average Bonchev–Trinajstić information content (AvgIpc) is 3.10. The standard InChI is InChI=1S/C16H23NO3/c1-2-8-18-12-13-5-6-15-16(13)20-10-7-17(15)11-14-4-3-9-19-14/h2-4,9,13,15-16H,1,5-8,10-12H2/t13-,15+,16-/m0/s1. The second-order valence-electron chi connectivity index (χ2n) is 5.62. The van der Waals surface area contributed by atoms with Gasteiger partial charge in [0.15, 0.2) is 0 Å². The van der Waals surface area contributed by atoms with Gasteiger partial charge >= 0.3 is 0 Å². The first-order valence-electron chi connectivity index (χ1n) is 7.45. The summed E-state index contributed by atoms with van der Waals surface area (Å²) in [5, 5.41) is 0. The number of morpholine rings is 1. The summed E-state index contributed by atoms with van der Waals surface area (Å²) in [6.07, 6.45) is 6.23. The molecule has 2 fully saturated rings. The Labute approximate surface area is 120 Å². The zero-order valence-corrected chi connectivity index (χ0v) is 11.9. The summed E-state index contributed by atoms with van der Waals surface area (Å²) >= 11 is 0. The molecule has 1 saturated heterocycles. The fraction of sp³-hybridized carbons (Fsp3) is 0.625. The largest absolute Gasteiger partial charge is 0.468 e. The molecule has 20 heavy (non-hydrogen) atoms. The maximum atomic E-state index is 6.02. The molecule has 1 saturated carbocycles. The maximum Gasteiger partial charge on any atom is 0.117 e. The highest BCUT2D eigenvalue weighted by Crippen LogP contribution is 2.35. The van der Waals surface area contributed by atoms with E-state index in [2.05, 4.69) is 11.5 Å². The summed E-state index contributed by atoms with van der Waals surface area (Å²) < 4.78 is 17.1. The zero-order valence-electron chi connectivity index (χ0n) is 11.9. The topological polar surface area (TPSA) is 34.8 Å². The van der Waals surface area contributed by atoms with E-state index < -0.39 is 0 Å². The third kappa shape index (κ3) is 2.97. The maximum absolute atomic E-state index is 6.02. The Morgan fingerprint density at radius 3 is 3.20 bits per heavy atom. The fourth-order valence-electron chi connectivity index (χ4n) is 3.42. The van der Waals surface area contributed by atoms with Crippen molar-refractivity contribution in [3.05, 3.63) is 36.8 Å². The van der Waals surface area contributed by atoms with Gasteiger partial charge in [-0.2, -0.15) is 0 Å². The first-order chi connectivity index (χ1) is 9.88. The number of nitrogens with zero attached hydrogens (tertiary/aromatic N) is 1. The molecule has 1 aliphatic heterocycles. The molecule has 1 aliphatic carbocycles. The molecule has 0 N–H and O–H groups in total. The Morgan fingerprint density at radius 1 is 1.45 bits per heavy atom. The van der Waals surface area contributed by atoms with Gasteiger partial charge in [0.25, 0.3) is 0 Å². The van der Waals surface area contributed by atoms with Crippen LogP contribution in [-0.4, -0.2) is 43.4 Å². The molecule has 110 valence electrons. The molecule has 0 spiro atoms. The molecule has 1 aromatic rings. The van der Waals surface area contributed by atoms with Crippen LogP contribution in [0.4, 0.5) is 0 Å². The number of rotatable bonds is 6. The average molecular weight is 277 g/mol. The molecule has 1 aromatic heterocycles. The smallest absolute Gasteiger partial charge is 0.117 e. The molecule has 4 heteroatoms. The van der Waals surface area contributed by atoms with Gasteiger partial charge in [-0.1, -0.05) is 6.08 Å². The van der Waals surface area contributed by atoms with Crippen LogP contribution in [0.15, 0.2) is 35.5 Å². The third-order valence-electron chi connectivity index (χ3n) is 4.34. The van der Waals surface area contributed by atoms with Gasteiger partial charge in [0.1, 0.15) is 5.76 Å². The first kappa shape index (κ1) is 13.9. The van der Waals surface area contributed by atoms with E-state index in [9.17, 15) is 0 Å². The van der Waals surface area contributed by atoms with Crippen LogP contribution in [-0.2, 0) is 16.0 Å². The van der Waals surface area contributed by atoms with Crippen LogP contribution >= 0.6 is 0 Å². The molecule has 2 aliphatic rings. The zero-order chi connectivity index (χ0) is 13.8. The summed E-state index contributed by atoms with van der Waals surface area (Å²) in [6.45, 7) is 7.77. The second kappa shape index (κ2) is 6.57. The lowest BCUT2D eigenvalue weighted by atomic mass is 10.0. The van der Waals surface area contributed by atoms with Crippen molar-refractivity contribution in [2.45, 2.75) is 31.5 Å². The lowest BCUT2D eigenvalue weighted by Crippen LogP contribution is -2.50. The van der Waals surface area contributed by atoms with Crippen molar-refractivity contribution in [3.8, 4) is 0 Å². The van der Waals surface area contributed by atoms with E-state index in [-0.39, 0.29) is 0 Å². The Balaban J connectivity index is 1.58. The number of ether oxygens (including phenoxy) is 2. The molecule has 0 bridgehead atoms. The quantitative estimate of drug-likeness (QED) is 0.591. The van der Waals surface area contributed by atoms with Crippen LogP contribution in [0, 0.1) is 5.92 Å². The van der Waals surface area contributed by atoms with E-state index in [1.54, 1.807) is 12.3 Å². The molecule has 3 rings (SSSR count). The Morgan fingerprint density at radius 2 is 2.40 bits per heavy atom. The van der Waals surface area contributed by atoms with Crippen LogP contribution < -0.4 is 0 Å². The Bertz CT molecular complexity index is 417. The van der Waals surface area contributed by atoms with E-state index in [0.717, 1.165) is 32.1 Å². The molecule has 4 nitrogen and oxygen atoms in total. The van der Waals surface area contributed by atoms with Crippen LogP contribution in [0.1, 0.15) is 18.6 Å². The molecule has 2 heterocycles. The van der Waals surface area contributed by atoms with Crippen molar-refractivity contribution in [1.29, 1.82) is 0 Å². The van der Waals surface area contributed by atoms with Gasteiger partial charge in [-0.25, -0.2) is 0 Å². The van der Waals surface area contributed by atoms with E-state index in [1.165, 1.54) is 12.8 Å². The monoisotopic (exact) mass is 277 g/mol.